The number of nitrogens with one attached hydrogen (secondary N) is 1. The van der Waals surface area contributed by atoms with Crippen LogP contribution in [0.3, 0.4) is 0 Å². The largest absolute Gasteiger partial charge is 0.497 e. The molecule has 0 saturated carbocycles. The molecule has 1 aliphatic rings. The number of aromatic nitrogens is 2. The van der Waals surface area contributed by atoms with Crippen LogP contribution >= 0.6 is 0 Å². The zero-order valence-electron chi connectivity index (χ0n) is 17.9. The van der Waals surface area contributed by atoms with Gasteiger partial charge in [0.2, 0.25) is 5.91 Å². The number of likely N-dealkylation sites (tertiary alicyclic amines) is 1. The number of carbonyl (C=O) groups is 1. The first-order valence-corrected chi connectivity index (χ1v) is 10.2. The predicted octanol–water partition coefficient (Wildman–Crippen LogP) is 3.67. The second kappa shape index (κ2) is 9.18. The highest BCUT2D eigenvalue weighted by atomic mass is 16.5. The van der Waals surface area contributed by atoms with E-state index in [0.29, 0.717) is 29.7 Å². The third kappa shape index (κ3) is 4.69. The maximum atomic E-state index is 13.0. The molecule has 0 bridgehead atoms. The highest BCUT2D eigenvalue weighted by Crippen LogP contribution is 2.28. The van der Waals surface area contributed by atoms with E-state index in [4.69, 9.17) is 14.0 Å². The number of carbonyl (C=O) groups excluding carboxylic acids is 1. The predicted molar refractivity (Wildman–Crippen MR) is 116 cm³/mol. The Hall–Kier alpha value is -3.39. The quantitative estimate of drug-likeness (QED) is 0.621. The minimum Gasteiger partial charge on any atom is -0.497 e. The van der Waals surface area contributed by atoms with Crippen molar-refractivity contribution >= 4 is 11.6 Å². The minimum absolute atomic E-state index is 0.0553. The van der Waals surface area contributed by atoms with Gasteiger partial charge in [-0.2, -0.15) is 4.98 Å². The normalized spacial score (nSPS) is 16.3. The number of amides is 1. The fraction of sp³-hybridized carbons (Fsp3) is 0.348. The highest BCUT2D eigenvalue weighted by molar-refractivity contribution is 5.96. The van der Waals surface area contributed by atoms with Crippen molar-refractivity contribution in [3.63, 3.8) is 0 Å². The molecule has 1 N–H and O–H groups in total. The van der Waals surface area contributed by atoms with Gasteiger partial charge >= 0.3 is 0 Å². The van der Waals surface area contributed by atoms with E-state index in [1.54, 1.807) is 14.2 Å². The molecule has 1 aliphatic heterocycles. The first kappa shape index (κ1) is 20.9. The molecule has 2 aromatic carbocycles. The van der Waals surface area contributed by atoms with E-state index in [1.807, 2.05) is 49.4 Å². The number of methoxy groups -OCH3 is 2. The molecule has 1 aromatic heterocycles. The van der Waals surface area contributed by atoms with Crippen LogP contribution in [0, 0.1) is 6.92 Å². The van der Waals surface area contributed by atoms with E-state index in [2.05, 4.69) is 20.4 Å². The van der Waals surface area contributed by atoms with Gasteiger partial charge in [0.1, 0.15) is 11.5 Å². The monoisotopic (exact) mass is 422 g/mol. The van der Waals surface area contributed by atoms with Crippen LogP contribution in [0.4, 0.5) is 5.69 Å². The zero-order valence-corrected chi connectivity index (χ0v) is 17.9. The zero-order chi connectivity index (χ0) is 21.8. The topological polar surface area (TPSA) is 89.7 Å². The van der Waals surface area contributed by atoms with Gasteiger partial charge in [0.15, 0.2) is 5.82 Å². The number of hydrogen-bond donors (Lipinski definition) is 1. The lowest BCUT2D eigenvalue weighted by atomic mass is 10.1. The van der Waals surface area contributed by atoms with Crippen molar-refractivity contribution in [2.75, 3.05) is 26.1 Å². The average molecular weight is 422 g/mol. The Kier molecular flexibility index (Phi) is 6.18. The van der Waals surface area contributed by atoms with Crippen LogP contribution in [-0.4, -0.2) is 47.8 Å². The maximum Gasteiger partial charge on any atom is 0.257 e. The summed E-state index contributed by atoms with van der Waals surface area (Å²) in [6.07, 6.45) is 1.72. The van der Waals surface area contributed by atoms with Crippen LogP contribution in [0.1, 0.15) is 24.2 Å². The second-order valence-corrected chi connectivity index (χ2v) is 7.57. The molecule has 1 unspecified atom stereocenters. The van der Waals surface area contributed by atoms with E-state index < -0.39 is 0 Å². The molecular formula is C23H26N4O4. The summed E-state index contributed by atoms with van der Waals surface area (Å²) in [6.45, 7) is 3.23. The third-order valence-electron chi connectivity index (χ3n) is 5.43. The smallest absolute Gasteiger partial charge is 0.257 e. The summed E-state index contributed by atoms with van der Waals surface area (Å²) in [7, 11) is 3.22. The summed E-state index contributed by atoms with van der Waals surface area (Å²) in [5.74, 6) is 2.35. The molecule has 1 amide bonds. The molecule has 8 heteroatoms. The number of benzene rings is 2. The fourth-order valence-corrected chi connectivity index (χ4v) is 3.80. The molecule has 8 nitrogen and oxygen atoms in total. The van der Waals surface area contributed by atoms with E-state index in [-0.39, 0.29) is 11.9 Å². The number of rotatable bonds is 7. The average Bonchev–Trinajstić information content (AvgIpc) is 3.44. The van der Waals surface area contributed by atoms with Crippen LogP contribution in [0.15, 0.2) is 47.0 Å². The molecule has 162 valence electrons. The minimum atomic E-state index is -0.256. The first-order chi connectivity index (χ1) is 15.1. The van der Waals surface area contributed by atoms with E-state index >= 15 is 0 Å². The molecule has 3 aromatic rings. The molecule has 1 saturated heterocycles. The Labute approximate surface area is 181 Å². The van der Waals surface area contributed by atoms with Crippen LogP contribution < -0.4 is 14.8 Å². The molecule has 0 aliphatic carbocycles. The summed E-state index contributed by atoms with van der Waals surface area (Å²) in [5.41, 5.74) is 2.56. The van der Waals surface area contributed by atoms with Gasteiger partial charge in [-0.25, -0.2) is 0 Å². The Morgan fingerprint density at radius 3 is 2.74 bits per heavy atom. The third-order valence-corrected chi connectivity index (χ3v) is 5.43. The lowest BCUT2D eigenvalue weighted by Gasteiger charge is -2.22. The van der Waals surface area contributed by atoms with Crippen molar-refractivity contribution in [1.82, 2.24) is 15.0 Å². The van der Waals surface area contributed by atoms with Crippen molar-refractivity contribution in [2.24, 2.45) is 0 Å². The van der Waals surface area contributed by atoms with Gasteiger partial charge in [0.05, 0.1) is 32.5 Å². The van der Waals surface area contributed by atoms with E-state index in [0.717, 1.165) is 36.3 Å². The van der Waals surface area contributed by atoms with Crippen molar-refractivity contribution in [3.8, 4) is 23.0 Å². The Morgan fingerprint density at radius 1 is 1.19 bits per heavy atom. The van der Waals surface area contributed by atoms with Gasteiger partial charge < -0.3 is 19.3 Å². The van der Waals surface area contributed by atoms with Gasteiger partial charge in [-0.3, -0.25) is 9.69 Å². The number of nitrogens with zero attached hydrogens (tertiary/aromatic N) is 3. The SMILES string of the molecule is COc1ccc(-c2nc(CN3CCCC3C(=O)Nc3cc(C)ccc3OC)no2)cc1. The van der Waals surface area contributed by atoms with Crippen LogP contribution in [0.25, 0.3) is 11.5 Å². The summed E-state index contributed by atoms with van der Waals surface area (Å²) < 4.78 is 16.0. The summed E-state index contributed by atoms with van der Waals surface area (Å²) >= 11 is 0. The Balaban J connectivity index is 1.44. The lowest BCUT2D eigenvalue weighted by molar-refractivity contribution is -0.120. The van der Waals surface area contributed by atoms with Gasteiger partial charge in [-0.1, -0.05) is 11.2 Å². The number of hydrogen-bond acceptors (Lipinski definition) is 7. The number of anilines is 1. The highest BCUT2D eigenvalue weighted by Gasteiger charge is 2.32. The molecule has 0 radical (unpaired) electrons. The van der Waals surface area contributed by atoms with E-state index in [9.17, 15) is 4.79 Å². The number of ether oxygens (including phenoxy) is 2. The molecular weight excluding hydrogens is 396 g/mol. The van der Waals surface area contributed by atoms with Crippen molar-refractivity contribution < 1.29 is 18.8 Å². The molecule has 1 fully saturated rings. The summed E-state index contributed by atoms with van der Waals surface area (Å²) in [4.78, 5) is 19.6. The fourth-order valence-electron chi connectivity index (χ4n) is 3.80. The van der Waals surface area contributed by atoms with Crippen molar-refractivity contribution in [3.05, 3.63) is 53.9 Å². The molecule has 31 heavy (non-hydrogen) atoms. The molecule has 1 atom stereocenters. The first-order valence-electron chi connectivity index (χ1n) is 10.2. The van der Waals surface area contributed by atoms with Gasteiger partial charge in [-0.15, -0.1) is 0 Å². The Bertz CT molecular complexity index is 1050. The lowest BCUT2D eigenvalue weighted by Crippen LogP contribution is -2.39. The van der Waals surface area contributed by atoms with Gasteiger partial charge in [-0.05, 0) is 68.3 Å². The Morgan fingerprint density at radius 2 is 2.00 bits per heavy atom. The second-order valence-electron chi connectivity index (χ2n) is 7.57. The molecule has 4 rings (SSSR count). The van der Waals surface area contributed by atoms with Crippen LogP contribution in [0.5, 0.6) is 11.5 Å². The van der Waals surface area contributed by atoms with Crippen molar-refractivity contribution in [1.29, 1.82) is 0 Å². The van der Waals surface area contributed by atoms with Crippen LogP contribution in [0.2, 0.25) is 0 Å². The van der Waals surface area contributed by atoms with Gasteiger partial charge in [0, 0.05) is 5.56 Å². The van der Waals surface area contributed by atoms with Gasteiger partial charge in [0.25, 0.3) is 5.89 Å². The molecule has 2 heterocycles. The van der Waals surface area contributed by atoms with Crippen molar-refractivity contribution in [2.45, 2.75) is 32.4 Å². The van der Waals surface area contributed by atoms with Crippen LogP contribution in [-0.2, 0) is 11.3 Å². The maximum absolute atomic E-state index is 13.0. The summed E-state index contributed by atoms with van der Waals surface area (Å²) in [6, 6.07) is 12.9. The number of aryl methyl sites for hydroxylation is 1. The molecule has 0 spiro atoms. The van der Waals surface area contributed by atoms with E-state index in [1.165, 1.54) is 0 Å². The summed E-state index contributed by atoms with van der Waals surface area (Å²) in [5, 5.41) is 7.12. The standard InChI is InChI=1S/C23H26N4O4/c1-15-6-11-20(30-3)18(13-15)24-22(28)19-5-4-12-27(19)14-21-25-23(31-26-21)16-7-9-17(29-2)10-8-16/h6-11,13,19H,4-5,12,14H2,1-3H3,(H,24,28).